The fourth-order valence-corrected chi connectivity index (χ4v) is 4.87. The van der Waals surface area contributed by atoms with E-state index >= 15 is 0 Å². The number of amides is 1. The number of carbonyl (C=O) groups is 1. The van der Waals surface area contributed by atoms with Gasteiger partial charge in [0.25, 0.3) is 5.91 Å². The Morgan fingerprint density at radius 1 is 1.04 bits per heavy atom. The smallest absolute Gasteiger partial charge is 0.253 e. The molecule has 7 heteroatoms. The maximum Gasteiger partial charge on any atom is 0.253 e. The van der Waals surface area contributed by atoms with Crippen molar-refractivity contribution in [3.05, 3.63) is 29.8 Å². The van der Waals surface area contributed by atoms with Crippen LogP contribution in [-0.4, -0.2) is 74.7 Å². The van der Waals surface area contributed by atoms with Crippen molar-refractivity contribution in [1.29, 1.82) is 0 Å². The first kappa shape index (κ1) is 18.4. The van der Waals surface area contributed by atoms with Crippen LogP contribution in [0.1, 0.15) is 30.1 Å². The van der Waals surface area contributed by atoms with Gasteiger partial charge in [0, 0.05) is 44.8 Å². The van der Waals surface area contributed by atoms with Crippen molar-refractivity contribution in [1.82, 2.24) is 14.1 Å². The molecule has 2 saturated heterocycles. The van der Waals surface area contributed by atoms with Crippen LogP contribution in [0.15, 0.2) is 29.2 Å². The van der Waals surface area contributed by atoms with Crippen molar-refractivity contribution in [2.45, 2.75) is 24.7 Å². The van der Waals surface area contributed by atoms with Gasteiger partial charge in [0.2, 0.25) is 10.0 Å². The second kappa shape index (κ2) is 7.43. The van der Waals surface area contributed by atoms with Gasteiger partial charge >= 0.3 is 0 Å². The lowest BCUT2D eigenvalue weighted by molar-refractivity contribution is 0.0664. The van der Waals surface area contributed by atoms with E-state index in [1.54, 1.807) is 27.4 Å². The summed E-state index contributed by atoms with van der Waals surface area (Å²) in [6.45, 7) is 6.30. The van der Waals surface area contributed by atoms with Gasteiger partial charge in [0.1, 0.15) is 0 Å². The average Bonchev–Trinajstić information content (AvgIpc) is 2.62. The zero-order valence-electron chi connectivity index (χ0n) is 15.0. The molecule has 0 aliphatic carbocycles. The van der Waals surface area contributed by atoms with E-state index in [1.807, 2.05) is 7.05 Å². The summed E-state index contributed by atoms with van der Waals surface area (Å²) >= 11 is 0. The van der Waals surface area contributed by atoms with E-state index in [2.05, 4.69) is 11.8 Å². The van der Waals surface area contributed by atoms with Gasteiger partial charge in [-0.2, -0.15) is 4.31 Å². The maximum atomic E-state index is 12.9. The molecule has 0 radical (unpaired) electrons. The minimum Gasteiger partial charge on any atom is -0.336 e. The summed E-state index contributed by atoms with van der Waals surface area (Å²) < 4.78 is 27.3. The van der Waals surface area contributed by atoms with Crippen molar-refractivity contribution >= 4 is 15.9 Å². The number of hydrogen-bond donors (Lipinski definition) is 0. The molecule has 0 saturated carbocycles. The lowest BCUT2D eigenvalue weighted by atomic mass is 10.0. The molecule has 25 heavy (non-hydrogen) atoms. The van der Waals surface area contributed by atoms with Crippen molar-refractivity contribution in [3.8, 4) is 0 Å². The summed E-state index contributed by atoms with van der Waals surface area (Å²) in [6.07, 6.45) is 1.78. The highest BCUT2D eigenvalue weighted by molar-refractivity contribution is 7.89. The first-order valence-electron chi connectivity index (χ1n) is 8.96. The molecule has 0 N–H and O–H groups in total. The predicted octanol–water partition coefficient (Wildman–Crippen LogP) is 1.49. The van der Waals surface area contributed by atoms with Crippen molar-refractivity contribution in [2.24, 2.45) is 5.92 Å². The molecule has 1 aromatic rings. The van der Waals surface area contributed by atoms with Crippen LogP contribution in [0.4, 0.5) is 0 Å². The zero-order chi connectivity index (χ0) is 18.0. The zero-order valence-corrected chi connectivity index (χ0v) is 15.8. The Kier molecular flexibility index (Phi) is 5.46. The number of carbonyl (C=O) groups excluding carboxylic acids is 1. The highest BCUT2D eigenvalue weighted by Gasteiger charge is 2.29. The Morgan fingerprint density at radius 2 is 1.68 bits per heavy atom. The van der Waals surface area contributed by atoms with Crippen LogP contribution in [0, 0.1) is 5.92 Å². The molecule has 0 bridgehead atoms. The van der Waals surface area contributed by atoms with Crippen molar-refractivity contribution in [3.63, 3.8) is 0 Å². The number of likely N-dealkylation sites (N-methyl/N-ethyl adjacent to an activating group) is 1. The number of rotatable bonds is 3. The van der Waals surface area contributed by atoms with Crippen LogP contribution < -0.4 is 0 Å². The molecule has 1 aromatic carbocycles. The lowest BCUT2D eigenvalue weighted by Gasteiger charge is -2.32. The van der Waals surface area contributed by atoms with Gasteiger partial charge < -0.3 is 9.80 Å². The van der Waals surface area contributed by atoms with Gasteiger partial charge in [-0.15, -0.1) is 0 Å². The Labute approximate surface area is 150 Å². The summed E-state index contributed by atoms with van der Waals surface area (Å²) in [7, 11) is -1.49. The molecule has 2 aliphatic rings. The number of benzene rings is 1. The summed E-state index contributed by atoms with van der Waals surface area (Å²) in [5, 5.41) is 0. The second-order valence-corrected chi connectivity index (χ2v) is 9.15. The van der Waals surface area contributed by atoms with Gasteiger partial charge in [0.15, 0.2) is 0 Å². The third kappa shape index (κ3) is 4.04. The summed E-state index contributed by atoms with van der Waals surface area (Å²) in [5.74, 6) is 0.481. The molecular formula is C18H27N3O3S. The van der Waals surface area contributed by atoms with E-state index in [4.69, 9.17) is 0 Å². The van der Waals surface area contributed by atoms with Gasteiger partial charge in [-0.05, 0) is 44.0 Å². The van der Waals surface area contributed by atoms with Gasteiger partial charge in [0.05, 0.1) is 4.90 Å². The minimum atomic E-state index is -3.53. The summed E-state index contributed by atoms with van der Waals surface area (Å²) in [4.78, 5) is 16.9. The largest absolute Gasteiger partial charge is 0.336 e. The van der Waals surface area contributed by atoms with E-state index in [9.17, 15) is 13.2 Å². The predicted molar refractivity (Wildman–Crippen MR) is 97.0 cm³/mol. The maximum absolute atomic E-state index is 12.9. The van der Waals surface area contributed by atoms with Crippen molar-refractivity contribution < 1.29 is 13.2 Å². The average molecular weight is 365 g/mol. The number of piperidine rings is 1. The van der Waals surface area contributed by atoms with Gasteiger partial charge in [-0.1, -0.05) is 13.0 Å². The number of sulfonamides is 1. The molecule has 0 aromatic heterocycles. The number of piperazine rings is 1. The van der Waals surface area contributed by atoms with Crippen LogP contribution in [0.5, 0.6) is 0 Å². The van der Waals surface area contributed by atoms with E-state index < -0.39 is 10.0 Å². The Hall–Kier alpha value is -1.44. The van der Waals surface area contributed by atoms with E-state index in [0.717, 1.165) is 25.9 Å². The molecular weight excluding hydrogens is 338 g/mol. The molecule has 6 nitrogen and oxygen atoms in total. The quantitative estimate of drug-likeness (QED) is 0.814. The second-order valence-electron chi connectivity index (χ2n) is 7.21. The summed E-state index contributed by atoms with van der Waals surface area (Å²) in [6, 6.07) is 6.50. The van der Waals surface area contributed by atoms with Gasteiger partial charge in [-0.3, -0.25) is 4.79 Å². The molecule has 1 amide bonds. The Balaban J connectivity index is 1.78. The molecule has 0 unspecified atom stereocenters. The topological polar surface area (TPSA) is 60.9 Å². The number of nitrogens with zero attached hydrogens (tertiary/aromatic N) is 3. The lowest BCUT2D eigenvalue weighted by Crippen LogP contribution is -2.47. The Bertz CT molecular complexity index is 719. The molecule has 3 rings (SSSR count). The SMILES string of the molecule is CC1CCN(S(=O)(=O)c2cccc(C(=O)N3CCN(C)CC3)c2)CC1. The van der Waals surface area contributed by atoms with Crippen LogP contribution in [0.25, 0.3) is 0 Å². The van der Waals surface area contributed by atoms with Gasteiger partial charge in [-0.25, -0.2) is 8.42 Å². The molecule has 2 heterocycles. The molecule has 2 aliphatic heterocycles. The standard InChI is InChI=1S/C18H27N3O3S/c1-15-6-8-21(9-7-15)25(23,24)17-5-3-4-16(14-17)18(22)20-12-10-19(2)11-13-20/h3-5,14-15H,6-13H2,1-2H3. The molecule has 0 spiro atoms. The van der Waals surface area contributed by atoms with E-state index in [-0.39, 0.29) is 10.8 Å². The third-order valence-corrected chi connectivity index (χ3v) is 7.15. The minimum absolute atomic E-state index is 0.0857. The van der Waals surface area contributed by atoms with Crippen LogP contribution in [0.3, 0.4) is 0 Å². The van der Waals surface area contributed by atoms with E-state index in [1.165, 1.54) is 6.07 Å². The molecule has 138 valence electrons. The van der Waals surface area contributed by atoms with E-state index in [0.29, 0.717) is 37.7 Å². The van der Waals surface area contributed by atoms with Crippen LogP contribution >= 0.6 is 0 Å². The highest BCUT2D eigenvalue weighted by Crippen LogP contribution is 2.24. The van der Waals surface area contributed by atoms with Crippen LogP contribution in [0.2, 0.25) is 0 Å². The normalized spacial score (nSPS) is 21.4. The molecule has 0 atom stereocenters. The first-order valence-corrected chi connectivity index (χ1v) is 10.4. The first-order chi connectivity index (χ1) is 11.9. The highest BCUT2D eigenvalue weighted by atomic mass is 32.2. The van der Waals surface area contributed by atoms with Crippen LogP contribution in [-0.2, 0) is 10.0 Å². The summed E-state index contributed by atoms with van der Waals surface area (Å²) in [5.41, 5.74) is 0.455. The fourth-order valence-electron chi connectivity index (χ4n) is 3.36. The van der Waals surface area contributed by atoms with Crippen molar-refractivity contribution in [2.75, 3.05) is 46.3 Å². The third-order valence-electron chi connectivity index (χ3n) is 5.25. The fraction of sp³-hybridized carbons (Fsp3) is 0.611. The number of hydrogen-bond acceptors (Lipinski definition) is 4. The molecule has 2 fully saturated rings. The Morgan fingerprint density at radius 3 is 2.32 bits per heavy atom. The monoisotopic (exact) mass is 365 g/mol.